The first kappa shape index (κ1) is 9.96. The van der Waals surface area contributed by atoms with Crippen molar-refractivity contribution in [1.29, 1.82) is 0 Å². The molecule has 2 aromatic heterocycles. The zero-order valence-electron chi connectivity index (χ0n) is 9.53. The minimum atomic E-state index is 0.518. The summed E-state index contributed by atoms with van der Waals surface area (Å²) in [4.78, 5) is 0. The maximum Gasteiger partial charge on any atom is 0.153 e. The zero-order chi connectivity index (χ0) is 11.8. The first-order valence-corrected chi connectivity index (χ1v) is 5.60. The predicted molar refractivity (Wildman–Crippen MR) is 67.6 cm³/mol. The molecule has 0 radical (unpaired) electrons. The third kappa shape index (κ3) is 1.58. The van der Waals surface area contributed by atoms with Crippen LogP contribution in [0, 0.1) is 0 Å². The van der Waals surface area contributed by atoms with Crippen molar-refractivity contribution in [2.75, 3.05) is 5.73 Å². The number of nitrogens with one attached hydrogen (secondary N) is 1. The minimum Gasteiger partial charge on any atom is -0.461 e. The van der Waals surface area contributed by atoms with Crippen LogP contribution in [0.5, 0.6) is 0 Å². The Morgan fingerprint density at radius 2 is 2.18 bits per heavy atom. The van der Waals surface area contributed by atoms with Crippen molar-refractivity contribution in [2.24, 2.45) is 0 Å². The van der Waals surface area contributed by atoms with Crippen LogP contribution in [0.1, 0.15) is 12.7 Å². The van der Waals surface area contributed by atoms with E-state index in [2.05, 4.69) is 17.1 Å². The molecule has 0 aliphatic rings. The SMILES string of the molecule is CCc1ccc(-c2ccc3[nH]nc(N)c3c2)o1. The predicted octanol–water partition coefficient (Wildman–Crippen LogP) is 2.97. The molecule has 3 rings (SSSR count). The van der Waals surface area contributed by atoms with E-state index in [1.807, 2.05) is 30.3 Å². The van der Waals surface area contributed by atoms with Crippen molar-refractivity contribution >= 4 is 16.7 Å². The molecule has 0 spiro atoms. The van der Waals surface area contributed by atoms with Gasteiger partial charge in [0, 0.05) is 17.4 Å². The maximum atomic E-state index is 5.78. The van der Waals surface area contributed by atoms with Crippen molar-refractivity contribution in [3.63, 3.8) is 0 Å². The highest BCUT2D eigenvalue weighted by Crippen LogP contribution is 2.27. The molecule has 3 N–H and O–H groups in total. The van der Waals surface area contributed by atoms with Crippen LogP contribution in [0.25, 0.3) is 22.2 Å². The summed E-state index contributed by atoms with van der Waals surface area (Å²) in [5, 5.41) is 7.78. The lowest BCUT2D eigenvalue weighted by molar-refractivity contribution is 0.529. The van der Waals surface area contributed by atoms with Gasteiger partial charge in [0.15, 0.2) is 5.82 Å². The van der Waals surface area contributed by atoms with E-state index in [9.17, 15) is 0 Å². The monoisotopic (exact) mass is 227 g/mol. The maximum absolute atomic E-state index is 5.78. The van der Waals surface area contributed by atoms with Crippen LogP contribution >= 0.6 is 0 Å². The van der Waals surface area contributed by atoms with Crippen LogP contribution in [-0.2, 0) is 6.42 Å². The number of aromatic nitrogens is 2. The molecule has 0 saturated carbocycles. The molecule has 2 heterocycles. The number of hydrogen-bond acceptors (Lipinski definition) is 3. The van der Waals surface area contributed by atoms with Gasteiger partial charge in [-0.3, -0.25) is 5.10 Å². The summed E-state index contributed by atoms with van der Waals surface area (Å²) in [7, 11) is 0. The van der Waals surface area contributed by atoms with E-state index in [0.29, 0.717) is 5.82 Å². The van der Waals surface area contributed by atoms with E-state index in [0.717, 1.165) is 34.4 Å². The van der Waals surface area contributed by atoms with Gasteiger partial charge in [0.2, 0.25) is 0 Å². The molecule has 0 aliphatic heterocycles. The van der Waals surface area contributed by atoms with Gasteiger partial charge >= 0.3 is 0 Å². The molecule has 0 bridgehead atoms. The highest BCUT2D eigenvalue weighted by atomic mass is 16.3. The van der Waals surface area contributed by atoms with E-state index in [1.54, 1.807) is 0 Å². The number of nitrogens with two attached hydrogens (primary N) is 1. The average molecular weight is 227 g/mol. The molecule has 3 aromatic rings. The smallest absolute Gasteiger partial charge is 0.153 e. The van der Waals surface area contributed by atoms with Gasteiger partial charge in [0.05, 0.1) is 5.52 Å². The number of hydrogen-bond donors (Lipinski definition) is 2. The Labute approximate surface area is 98.4 Å². The van der Waals surface area contributed by atoms with Crippen molar-refractivity contribution in [2.45, 2.75) is 13.3 Å². The lowest BCUT2D eigenvalue weighted by atomic mass is 10.1. The topological polar surface area (TPSA) is 67.8 Å². The minimum absolute atomic E-state index is 0.518. The fraction of sp³-hybridized carbons (Fsp3) is 0.154. The van der Waals surface area contributed by atoms with E-state index in [1.165, 1.54) is 0 Å². The number of rotatable bonds is 2. The number of fused-ring (bicyclic) bond motifs is 1. The molecule has 86 valence electrons. The number of anilines is 1. The Morgan fingerprint density at radius 1 is 1.29 bits per heavy atom. The summed E-state index contributed by atoms with van der Waals surface area (Å²) in [6.45, 7) is 2.07. The van der Waals surface area contributed by atoms with Crippen LogP contribution in [0.3, 0.4) is 0 Å². The summed E-state index contributed by atoms with van der Waals surface area (Å²) < 4.78 is 5.71. The number of aryl methyl sites for hydroxylation is 1. The fourth-order valence-electron chi connectivity index (χ4n) is 1.91. The highest BCUT2D eigenvalue weighted by Gasteiger charge is 2.07. The lowest BCUT2D eigenvalue weighted by Crippen LogP contribution is -1.84. The van der Waals surface area contributed by atoms with Crippen LogP contribution < -0.4 is 5.73 Å². The van der Waals surface area contributed by atoms with Crippen LogP contribution in [0.4, 0.5) is 5.82 Å². The van der Waals surface area contributed by atoms with Gasteiger partial charge in [-0.2, -0.15) is 5.10 Å². The third-order valence-electron chi connectivity index (χ3n) is 2.89. The second-order valence-electron chi connectivity index (χ2n) is 3.99. The van der Waals surface area contributed by atoms with Gasteiger partial charge in [0.25, 0.3) is 0 Å². The van der Waals surface area contributed by atoms with Crippen molar-refractivity contribution < 1.29 is 4.42 Å². The summed E-state index contributed by atoms with van der Waals surface area (Å²) in [6, 6.07) is 9.93. The summed E-state index contributed by atoms with van der Waals surface area (Å²) >= 11 is 0. The third-order valence-corrected chi connectivity index (χ3v) is 2.89. The second kappa shape index (κ2) is 3.66. The molecular formula is C13H13N3O. The largest absolute Gasteiger partial charge is 0.461 e. The Morgan fingerprint density at radius 3 is 2.94 bits per heavy atom. The number of nitrogen functional groups attached to an aromatic ring is 1. The van der Waals surface area contributed by atoms with E-state index in [4.69, 9.17) is 10.2 Å². The molecule has 1 aromatic carbocycles. The molecule has 4 heteroatoms. The van der Waals surface area contributed by atoms with Gasteiger partial charge in [-0.05, 0) is 30.3 Å². The Balaban J connectivity index is 2.13. The quantitative estimate of drug-likeness (QED) is 0.707. The number of H-pyrrole nitrogens is 1. The standard InChI is InChI=1S/C13H13N3O/c1-2-9-4-6-12(17-9)8-3-5-11-10(7-8)13(14)16-15-11/h3-7H,2H2,1H3,(H3,14,15,16). The summed E-state index contributed by atoms with van der Waals surface area (Å²) in [6.07, 6.45) is 0.899. The fourth-order valence-corrected chi connectivity index (χ4v) is 1.91. The van der Waals surface area contributed by atoms with Crippen molar-refractivity contribution in [3.05, 3.63) is 36.1 Å². The van der Waals surface area contributed by atoms with Crippen molar-refractivity contribution in [3.8, 4) is 11.3 Å². The molecular weight excluding hydrogens is 214 g/mol. The number of benzene rings is 1. The van der Waals surface area contributed by atoms with Gasteiger partial charge in [0.1, 0.15) is 11.5 Å². The normalized spacial score (nSPS) is 11.1. The molecule has 0 amide bonds. The number of aromatic amines is 1. The summed E-state index contributed by atoms with van der Waals surface area (Å²) in [5.74, 6) is 2.37. The zero-order valence-corrected chi connectivity index (χ0v) is 9.53. The molecule has 0 unspecified atom stereocenters. The first-order chi connectivity index (χ1) is 8.28. The van der Waals surface area contributed by atoms with E-state index < -0.39 is 0 Å². The average Bonchev–Trinajstić information content (AvgIpc) is 2.96. The van der Waals surface area contributed by atoms with Gasteiger partial charge in [-0.25, -0.2) is 0 Å². The Bertz CT molecular complexity index is 666. The van der Waals surface area contributed by atoms with Crippen LogP contribution in [0.15, 0.2) is 34.7 Å². The van der Waals surface area contributed by atoms with Gasteiger partial charge < -0.3 is 10.2 Å². The first-order valence-electron chi connectivity index (χ1n) is 5.60. The Hall–Kier alpha value is -2.23. The highest BCUT2D eigenvalue weighted by molar-refractivity contribution is 5.91. The Kier molecular flexibility index (Phi) is 2.14. The second-order valence-corrected chi connectivity index (χ2v) is 3.99. The number of furan rings is 1. The number of nitrogens with zero attached hydrogens (tertiary/aromatic N) is 1. The van der Waals surface area contributed by atoms with E-state index >= 15 is 0 Å². The van der Waals surface area contributed by atoms with Crippen LogP contribution in [-0.4, -0.2) is 10.2 Å². The molecule has 17 heavy (non-hydrogen) atoms. The van der Waals surface area contributed by atoms with Gasteiger partial charge in [-0.1, -0.05) is 6.92 Å². The molecule has 0 aliphatic carbocycles. The van der Waals surface area contributed by atoms with Gasteiger partial charge in [-0.15, -0.1) is 0 Å². The lowest BCUT2D eigenvalue weighted by Gasteiger charge is -1.97. The molecule has 0 fully saturated rings. The van der Waals surface area contributed by atoms with Crippen LogP contribution in [0.2, 0.25) is 0 Å². The molecule has 0 saturated heterocycles. The molecule has 4 nitrogen and oxygen atoms in total. The molecule has 0 atom stereocenters. The summed E-state index contributed by atoms with van der Waals surface area (Å²) in [5.41, 5.74) is 7.74. The van der Waals surface area contributed by atoms with Crippen molar-refractivity contribution in [1.82, 2.24) is 10.2 Å². The van der Waals surface area contributed by atoms with E-state index in [-0.39, 0.29) is 0 Å².